The number of hydrogen-bond donors (Lipinski definition) is 2. The van der Waals surface area contributed by atoms with Gasteiger partial charge >= 0.3 is 5.97 Å². The summed E-state index contributed by atoms with van der Waals surface area (Å²) in [5.74, 6) is 1.16. The Hall–Kier alpha value is -1.94. The zero-order valence-electron chi connectivity index (χ0n) is 11.8. The minimum atomic E-state index is -0.880. The third-order valence-corrected chi connectivity index (χ3v) is 4.95. The van der Waals surface area contributed by atoms with Gasteiger partial charge in [-0.2, -0.15) is 11.8 Å². The fourth-order valence-electron chi connectivity index (χ4n) is 2.71. The van der Waals surface area contributed by atoms with Gasteiger partial charge in [0.25, 0.3) is 0 Å². The summed E-state index contributed by atoms with van der Waals surface area (Å²) in [6.07, 6.45) is 0. The number of nitrogens with one attached hydrogen (secondary N) is 1. The minimum absolute atomic E-state index is 0.225. The van der Waals surface area contributed by atoms with E-state index in [2.05, 4.69) is 29.6 Å². The van der Waals surface area contributed by atoms with Gasteiger partial charge < -0.3 is 10.4 Å². The molecule has 2 aromatic rings. The summed E-state index contributed by atoms with van der Waals surface area (Å²) in [6, 6.07) is 14.1. The van der Waals surface area contributed by atoms with E-state index in [0.717, 1.165) is 22.8 Å². The number of carboxylic acids is 1. The first-order valence-electron chi connectivity index (χ1n) is 6.92. The highest BCUT2D eigenvalue weighted by Crippen LogP contribution is 2.34. The minimum Gasteiger partial charge on any atom is -0.478 e. The lowest BCUT2D eigenvalue weighted by atomic mass is 10.0. The highest BCUT2D eigenvalue weighted by atomic mass is 32.2. The third-order valence-electron chi connectivity index (χ3n) is 3.87. The molecule has 3 nitrogen and oxygen atoms in total. The number of carboxylic acid groups (broad SMARTS) is 1. The van der Waals surface area contributed by atoms with Crippen molar-refractivity contribution in [2.75, 3.05) is 11.1 Å². The van der Waals surface area contributed by atoms with E-state index in [0.29, 0.717) is 5.56 Å². The van der Waals surface area contributed by atoms with Crippen molar-refractivity contribution in [3.8, 4) is 0 Å². The Morgan fingerprint density at radius 2 is 2.05 bits per heavy atom. The van der Waals surface area contributed by atoms with Gasteiger partial charge in [-0.25, -0.2) is 4.79 Å². The first kappa shape index (κ1) is 14.0. The molecule has 0 aliphatic carbocycles. The number of hydrogen-bond acceptors (Lipinski definition) is 3. The molecule has 0 bridgehead atoms. The molecular formula is C17H17NO2S. The number of benzene rings is 2. The van der Waals surface area contributed by atoms with Crippen LogP contribution in [0.4, 0.5) is 5.69 Å². The lowest BCUT2D eigenvalue weighted by Crippen LogP contribution is -2.19. The topological polar surface area (TPSA) is 49.3 Å². The lowest BCUT2D eigenvalue weighted by molar-refractivity contribution is 0.0696. The second-order valence-corrected chi connectivity index (χ2v) is 6.22. The van der Waals surface area contributed by atoms with Crippen molar-refractivity contribution < 1.29 is 9.90 Å². The second kappa shape index (κ2) is 5.82. The SMILES string of the molecule is Cc1c(NC2CSCc3ccccc32)cccc1C(=O)O. The Balaban J connectivity index is 1.92. The van der Waals surface area contributed by atoms with Crippen molar-refractivity contribution in [3.63, 3.8) is 0 Å². The molecular weight excluding hydrogens is 282 g/mol. The summed E-state index contributed by atoms with van der Waals surface area (Å²) in [7, 11) is 0. The first-order chi connectivity index (χ1) is 10.2. The molecule has 108 valence electrons. The average Bonchev–Trinajstić information content (AvgIpc) is 2.49. The van der Waals surface area contributed by atoms with E-state index >= 15 is 0 Å². The smallest absolute Gasteiger partial charge is 0.336 e. The zero-order chi connectivity index (χ0) is 14.8. The van der Waals surface area contributed by atoms with E-state index in [4.69, 9.17) is 0 Å². The average molecular weight is 299 g/mol. The predicted molar refractivity (Wildman–Crippen MR) is 87.1 cm³/mol. The molecule has 0 aromatic heterocycles. The first-order valence-corrected chi connectivity index (χ1v) is 8.07. The van der Waals surface area contributed by atoms with Crippen LogP contribution in [0.5, 0.6) is 0 Å². The van der Waals surface area contributed by atoms with E-state index in [9.17, 15) is 9.90 Å². The number of thioether (sulfide) groups is 1. The molecule has 3 rings (SSSR count). The van der Waals surface area contributed by atoms with Crippen molar-refractivity contribution >= 4 is 23.4 Å². The molecule has 0 saturated carbocycles. The maximum absolute atomic E-state index is 11.2. The highest BCUT2D eigenvalue weighted by Gasteiger charge is 2.21. The van der Waals surface area contributed by atoms with E-state index in [1.165, 1.54) is 11.1 Å². The van der Waals surface area contributed by atoms with E-state index in [1.807, 2.05) is 24.8 Å². The molecule has 0 saturated heterocycles. The molecule has 1 heterocycles. The van der Waals surface area contributed by atoms with Crippen molar-refractivity contribution in [2.45, 2.75) is 18.7 Å². The van der Waals surface area contributed by atoms with Crippen molar-refractivity contribution in [1.82, 2.24) is 0 Å². The summed E-state index contributed by atoms with van der Waals surface area (Å²) < 4.78 is 0. The number of anilines is 1. The maximum Gasteiger partial charge on any atom is 0.336 e. The lowest BCUT2D eigenvalue weighted by Gasteiger charge is -2.27. The molecule has 1 unspecified atom stereocenters. The van der Waals surface area contributed by atoms with Gasteiger partial charge in [0.15, 0.2) is 0 Å². The Morgan fingerprint density at radius 1 is 1.24 bits per heavy atom. The summed E-state index contributed by atoms with van der Waals surface area (Å²) in [5, 5.41) is 12.7. The van der Waals surface area contributed by atoms with Gasteiger partial charge in [-0.15, -0.1) is 0 Å². The monoisotopic (exact) mass is 299 g/mol. The Bertz CT molecular complexity index is 684. The standard InChI is InChI=1S/C17H17NO2S/c1-11-13(17(19)20)7-4-8-15(11)18-16-10-21-9-12-5-2-3-6-14(12)16/h2-8,16,18H,9-10H2,1H3,(H,19,20). The largest absolute Gasteiger partial charge is 0.478 e. The quantitative estimate of drug-likeness (QED) is 0.896. The number of fused-ring (bicyclic) bond motifs is 1. The molecule has 1 atom stereocenters. The summed E-state index contributed by atoms with van der Waals surface area (Å²) >= 11 is 1.90. The molecule has 2 N–H and O–H groups in total. The zero-order valence-corrected chi connectivity index (χ0v) is 12.6. The summed E-state index contributed by atoms with van der Waals surface area (Å²) in [4.78, 5) is 11.2. The van der Waals surface area contributed by atoms with E-state index in [1.54, 1.807) is 12.1 Å². The molecule has 1 aliphatic rings. The van der Waals surface area contributed by atoms with Crippen LogP contribution in [0, 0.1) is 6.92 Å². The molecule has 0 fully saturated rings. The molecule has 0 spiro atoms. The van der Waals surface area contributed by atoms with Crippen molar-refractivity contribution in [2.24, 2.45) is 0 Å². The van der Waals surface area contributed by atoms with Crippen LogP contribution in [-0.2, 0) is 5.75 Å². The van der Waals surface area contributed by atoms with Crippen molar-refractivity contribution in [1.29, 1.82) is 0 Å². The van der Waals surface area contributed by atoms with Gasteiger partial charge in [0.05, 0.1) is 11.6 Å². The molecule has 0 radical (unpaired) electrons. The Labute approximate surface area is 128 Å². The number of rotatable bonds is 3. The second-order valence-electron chi connectivity index (χ2n) is 5.19. The third kappa shape index (κ3) is 2.76. The number of aromatic carboxylic acids is 1. The normalized spacial score (nSPS) is 17.1. The maximum atomic E-state index is 11.2. The van der Waals surface area contributed by atoms with E-state index in [-0.39, 0.29) is 6.04 Å². The molecule has 2 aromatic carbocycles. The van der Waals surface area contributed by atoms with Crippen LogP contribution in [0.15, 0.2) is 42.5 Å². The van der Waals surface area contributed by atoms with Crippen LogP contribution in [0.25, 0.3) is 0 Å². The predicted octanol–water partition coefficient (Wildman–Crippen LogP) is 4.09. The van der Waals surface area contributed by atoms with Crippen LogP contribution in [0.2, 0.25) is 0 Å². The number of carbonyl (C=O) groups is 1. The molecule has 0 amide bonds. The Kier molecular flexibility index (Phi) is 3.88. The van der Waals surface area contributed by atoms with Gasteiger partial charge in [0.2, 0.25) is 0 Å². The summed E-state index contributed by atoms with van der Waals surface area (Å²) in [6.45, 7) is 1.85. The fraction of sp³-hybridized carbons (Fsp3) is 0.235. The van der Waals surface area contributed by atoms with Crippen LogP contribution < -0.4 is 5.32 Å². The highest BCUT2D eigenvalue weighted by molar-refractivity contribution is 7.98. The van der Waals surface area contributed by atoms with E-state index < -0.39 is 5.97 Å². The van der Waals surface area contributed by atoms with Crippen LogP contribution in [-0.4, -0.2) is 16.8 Å². The molecule has 1 aliphatic heterocycles. The van der Waals surface area contributed by atoms with Gasteiger partial charge in [-0.05, 0) is 35.7 Å². The van der Waals surface area contributed by atoms with Gasteiger partial charge in [-0.1, -0.05) is 30.3 Å². The van der Waals surface area contributed by atoms with Crippen molar-refractivity contribution in [3.05, 3.63) is 64.7 Å². The van der Waals surface area contributed by atoms with Gasteiger partial charge in [-0.3, -0.25) is 0 Å². The molecule has 21 heavy (non-hydrogen) atoms. The Morgan fingerprint density at radius 3 is 2.86 bits per heavy atom. The van der Waals surface area contributed by atoms with Crippen LogP contribution >= 0.6 is 11.8 Å². The summed E-state index contributed by atoms with van der Waals surface area (Å²) in [5.41, 5.74) is 4.72. The molecule has 4 heteroatoms. The van der Waals surface area contributed by atoms with Crippen LogP contribution in [0.1, 0.15) is 33.1 Å². The fourth-order valence-corrected chi connectivity index (χ4v) is 3.81. The van der Waals surface area contributed by atoms with Gasteiger partial charge in [0, 0.05) is 17.2 Å². The van der Waals surface area contributed by atoms with Crippen LogP contribution in [0.3, 0.4) is 0 Å². The van der Waals surface area contributed by atoms with Gasteiger partial charge in [0.1, 0.15) is 0 Å².